The number of benzene rings is 1. The molecule has 0 saturated carbocycles. The van der Waals surface area contributed by atoms with E-state index in [1.165, 1.54) is 6.07 Å². The average Bonchev–Trinajstić information content (AvgIpc) is 2.23. The zero-order chi connectivity index (χ0) is 12.0. The average molecular weight is 243 g/mol. The van der Waals surface area contributed by atoms with Gasteiger partial charge in [0.05, 0.1) is 0 Å². The van der Waals surface area contributed by atoms with Crippen LogP contribution in [0.25, 0.3) is 0 Å². The van der Waals surface area contributed by atoms with E-state index in [9.17, 15) is 4.39 Å². The van der Waals surface area contributed by atoms with E-state index in [2.05, 4.69) is 5.32 Å². The van der Waals surface area contributed by atoms with E-state index < -0.39 is 0 Å². The fourth-order valence-electron chi connectivity index (χ4n) is 1.46. The molecule has 0 aliphatic carbocycles. The largest absolute Gasteiger partial charge is 0.396 e. The van der Waals surface area contributed by atoms with Gasteiger partial charge in [0.15, 0.2) is 0 Å². The van der Waals surface area contributed by atoms with Gasteiger partial charge in [0.1, 0.15) is 5.82 Å². The number of hydrogen-bond donors (Lipinski definition) is 2. The first kappa shape index (κ1) is 13.5. The van der Waals surface area contributed by atoms with Gasteiger partial charge in [0.2, 0.25) is 0 Å². The van der Waals surface area contributed by atoms with E-state index >= 15 is 0 Å². The van der Waals surface area contributed by atoms with Crippen molar-refractivity contribution in [3.05, 3.63) is 29.6 Å². The van der Waals surface area contributed by atoms with Crippen LogP contribution in [0.4, 0.5) is 4.39 Å². The molecule has 1 aromatic rings. The van der Waals surface area contributed by atoms with Crippen LogP contribution in [-0.4, -0.2) is 24.0 Å². The highest BCUT2D eigenvalue weighted by Crippen LogP contribution is 2.29. The van der Waals surface area contributed by atoms with Gasteiger partial charge in [-0.2, -0.15) is 0 Å². The highest BCUT2D eigenvalue weighted by Gasteiger charge is 2.11. The lowest BCUT2D eigenvalue weighted by Gasteiger charge is -2.14. The van der Waals surface area contributed by atoms with E-state index in [4.69, 9.17) is 5.11 Å². The summed E-state index contributed by atoms with van der Waals surface area (Å²) in [4.78, 5) is 0.954. The molecule has 1 aromatic carbocycles. The minimum absolute atomic E-state index is 0.171. The van der Waals surface area contributed by atoms with Gasteiger partial charge in [-0.3, -0.25) is 0 Å². The van der Waals surface area contributed by atoms with Crippen LogP contribution in [0.2, 0.25) is 0 Å². The Hall–Kier alpha value is -0.580. The standard InChI is InChI=1S/C12H18FNOS/c1-9(6-7-15)16-12-5-3-4-11(13)10(12)8-14-2/h3-5,9,14-15H,6-8H2,1-2H3. The van der Waals surface area contributed by atoms with Crippen molar-refractivity contribution in [3.8, 4) is 0 Å². The molecule has 0 amide bonds. The second-order valence-corrected chi connectivity index (χ2v) is 5.17. The summed E-state index contributed by atoms with van der Waals surface area (Å²) >= 11 is 1.61. The fourth-order valence-corrected chi connectivity index (χ4v) is 2.58. The highest BCUT2D eigenvalue weighted by atomic mass is 32.2. The quantitative estimate of drug-likeness (QED) is 0.753. The fraction of sp³-hybridized carbons (Fsp3) is 0.500. The number of thioether (sulfide) groups is 1. The topological polar surface area (TPSA) is 32.3 Å². The van der Waals surface area contributed by atoms with Gasteiger partial charge < -0.3 is 10.4 Å². The molecule has 2 nitrogen and oxygen atoms in total. The molecule has 0 heterocycles. The van der Waals surface area contributed by atoms with Gasteiger partial charge in [-0.05, 0) is 25.6 Å². The van der Waals surface area contributed by atoms with Crippen molar-refractivity contribution in [2.45, 2.75) is 30.0 Å². The smallest absolute Gasteiger partial charge is 0.128 e. The van der Waals surface area contributed by atoms with Gasteiger partial charge in [-0.15, -0.1) is 11.8 Å². The van der Waals surface area contributed by atoms with E-state index in [1.54, 1.807) is 24.9 Å². The van der Waals surface area contributed by atoms with Crippen LogP contribution in [0.15, 0.2) is 23.1 Å². The molecule has 0 bridgehead atoms. The van der Waals surface area contributed by atoms with E-state index in [-0.39, 0.29) is 12.4 Å². The first-order valence-electron chi connectivity index (χ1n) is 5.38. The number of aliphatic hydroxyl groups is 1. The molecule has 4 heteroatoms. The van der Waals surface area contributed by atoms with Crippen LogP contribution in [0.1, 0.15) is 18.9 Å². The molecule has 0 saturated heterocycles. The van der Waals surface area contributed by atoms with Crippen LogP contribution >= 0.6 is 11.8 Å². The second-order valence-electron chi connectivity index (χ2n) is 3.69. The normalized spacial score (nSPS) is 12.8. The Kier molecular flexibility index (Phi) is 5.80. The highest BCUT2D eigenvalue weighted by molar-refractivity contribution is 8.00. The number of nitrogens with one attached hydrogen (secondary N) is 1. The van der Waals surface area contributed by atoms with Crippen LogP contribution in [-0.2, 0) is 6.54 Å². The van der Waals surface area contributed by atoms with Gasteiger partial charge in [0, 0.05) is 28.9 Å². The summed E-state index contributed by atoms with van der Waals surface area (Å²) in [6.07, 6.45) is 0.722. The van der Waals surface area contributed by atoms with Gasteiger partial charge in [0.25, 0.3) is 0 Å². The first-order chi connectivity index (χ1) is 7.69. The molecule has 0 aromatic heterocycles. The van der Waals surface area contributed by atoms with Crippen molar-refractivity contribution >= 4 is 11.8 Å². The molecule has 0 radical (unpaired) electrons. The summed E-state index contributed by atoms with van der Waals surface area (Å²) in [5.41, 5.74) is 0.708. The maximum absolute atomic E-state index is 13.6. The van der Waals surface area contributed by atoms with Crippen LogP contribution in [0.3, 0.4) is 0 Å². The summed E-state index contributed by atoms with van der Waals surface area (Å²) in [5.74, 6) is -0.171. The number of aliphatic hydroxyl groups excluding tert-OH is 1. The molecule has 2 N–H and O–H groups in total. The van der Waals surface area contributed by atoms with Crippen LogP contribution in [0.5, 0.6) is 0 Å². The maximum Gasteiger partial charge on any atom is 0.128 e. The molecule has 1 unspecified atom stereocenters. The molecule has 1 atom stereocenters. The number of halogens is 1. The summed E-state index contributed by atoms with van der Waals surface area (Å²) in [5, 5.41) is 12.1. The molecular formula is C12H18FNOS. The van der Waals surface area contributed by atoms with Crippen LogP contribution in [0, 0.1) is 5.82 Å². The third kappa shape index (κ3) is 3.77. The third-order valence-electron chi connectivity index (χ3n) is 2.29. The van der Waals surface area contributed by atoms with Crippen molar-refractivity contribution in [2.24, 2.45) is 0 Å². The predicted octanol–water partition coefficient (Wildman–Crippen LogP) is 2.41. The third-order valence-corrected chi connectivity index (χ3v) is 3.57. The zero-order valence-electron chi connectivity index (χ0n) is 9.66. The lowest BCUT2D eigenvalue weighted by Crippen LogP contribution is -2.09. The molecule has 0 aliphatic heterocycles. The minimum Gasteiger partial charge on any atom is -0.396 e. The monoisotopic (exact) mass is 243 g/mol. The van der Waals surface area contributed by atoms with E-state index in [0.717, 1.165) is 11.3 Å². The van der Waals surface area contributed by atoms with Crippen molar-refractivity contribution in [1.82, 2.24) is 5.32 Å². The Morgan fingerprint density at radius 1 is 1.50 bits per heavy atom. The van der Waals surface area contributed by atoms with E-state index in [1.807, 2.05) is 13.0 Å². The summed E-state index contributed by atoms with van der Waals surface area (Å²) in [6.45, 7) is 2.74. The molecule has 1 rings (SSSR count). The summed E-state index contributed by atoms with van der Waals surface area (Å²) < 4.78 is 13.6. The lowest BCUT2D eigenvalue weighted by atomic mass is 10.2. The molecule has 90 valence electrons. The molecule has 0 fully saturated rings. The molecule has 0 spiro atoms. The van der Waals surface area contributed by atoms with Crippen molar-refractivity contribution in [3.63, 3.8) is 0 Å². The molecule has 0 aliphatic rings. The van der Waals surface area contributed by atoms with Gasteiger partial charge in [-0.25, -0.2) is 4.39 Å². The molecular weight excluding hydrogens is 225 g/mol. The van der Waals surface area contributed by atoms with Crippen molar-refractivity contribution < 1.29 is 9.50 Å². The Bertz CT molecular complexity index is 333. The van der Waals surface area contributed by atoms with Gasteiger partial charge >= 0.3 is 0 Å². The number of hydrogen-bond acceptors (Lipinski definition) is 3. The van der Waals surface area contributed by atoms with Crippen LogP contribution < -0.4 is 5.32 Å². The van der Waals surface area contributed by atoms with Gasteiger partial charge in [-0.1, -0.05) is 13.0 Å². The van der Waals surface area contributed by atoms with E-state index in [0.29, 0.717) is 17.4 Å². The van der Waals surface area contributed by atoms with Crippen molar-refractivity contribution in [2.75, 3.05) is 13.7 Å². The molecule has 16 heavy (non-hydrogen) atoms. The maximum atomic E-state index is 13.6. The Balaban J connectivity index is 2.81. The Morgan fingerprint density at radius 2 is 2.25 bits per heavy atom. The van der Waals surface area contributed by atoms with Crippen molar-refractivity contribution in [1.29, 1.82) is 0 Å². The number of rotatable bonds is 6. The SMILES string of the molecule is CNCc1c(F)cccc1SC(C)CCO. The predicted molar refractivity (Wildman–Crippen MR) is 66.2 cm³/mol. The summed E-state index contributed by atoms with van der Waals surface area (Å²) in [6, 6.07) is 5.13. The Morgan fingerprint density at radius 3 is 2.88 bits per heavy atom. The lowest BCUT2D eigenvalue weighted by molar-refractivity contribution is 0.289. The summed E-state index contributed by atoms with van der Waals surface area (Å²) in [7, 11) is 1.80. The first-order valence-corrected chi connectivity index (χ1v) is 6.26. The minimum atomic E-state index is -0.171. The Labute approximate surface area is 100 Å². The zero-order valence-corrected chi connectivity index (χ0v) is 10.5. The second kappa shape index (κ2) is 6.89.